The number of anilines is 1. The van der Waals surface area contributed by atoms with Gasteiger partial charge in [0.15, 0.2) is 0 Å². The Bertz CT molecular complexity index is 1220. The van der Waals surface area contributed by atoms with Crippen LogP contribution in [-0.4, -0.2) is 26.0 Å². The van der Waals surface area contributed by atoms with Crippen molar-refractivity contribution in [3.8, 4) is 5.75 Å². The van der Waals surface area contributed by atoms with Gasteiger partial charge in [-0.2, -0.15) is 13.2 Å². The molecule has 0 spiro atoms. The van der Waals surface area contributed by atoms with E-state index in [1.165, 1.54) is 30.3 Å². The van der Waals surface area contributed by atoms with E-state index in [-0.39, 0.29) is 47.4 Å². The summed E-state index contributed by atoms with van der Waals surface area (Å²) >= 11 is 0. The van der Waals surface area contributed by atoms with Gasteiger partial charge in [-0.3, -0.25) is 4.31 Å². The number of allylic oxidation sites excluding steroid dienone is 4. The Hall–Kier alpha value is -3.27. The smallest absolute Gasteiger partial charge is 0.416 e. The van der Waals surface area contributed by atoms with Crippen molar-refractivity contribution in [1.29, 1.82) is 0 Å². The molecule has 1 N–H and O–H groups in total. The first kappa shape index (κ1) is 25.4. The van der Waals surface area contributed by atoms with Gasteiger partial charge in [0, 0.05) is 13.0 Å². The summed E-state index contributed by atoms with van der Waals surface area (Å²) in [6.07, 6.45) is 0.153. The lowest BCUT2D eigenvalue weighted by Crippen LogP contribution is -2.35. The lowest BCUT2D eigenvalue weighted by molar-refractivity contribution is -0.137. The second kappa shape index (κ2) is 9.92. The van der Waals surface area contributed by atoms with Gasteiger partial charge in [0.05, 0.1) is 21.7 Å². The van der Waals surface area contributed by atoms with Gasteiger partial charge in [-0.05, 0) is 47.9 Å². The zero-order valence-corrected chi connectivity index (χ0v) is 19.4. The third-order valence-electron chi connectivity index (χ3n) is 5.04. The van der Waals surface area contributed by atoms with Crippen molar-refractivity contribution >= 4 is 21.7 Å². The normalized spacial score (nSPS) is 13.8. The first-order chi connectivity index (χ1) is 15.9. The molecule has 6 nitrogen and oxygen atoms in total. The highest BCUT2D eigenvalue weighted by atomic mass is 32.2. The first-order valence-electron chi connectivity index (χ1n) is 10.4. The summed E-state index contributed by atoms with van der Waals surface area (Å²) in [4.78, 5) is 11.1. The van der Waals surface area contributed by atoms with E-state index in [1.807, 2.05) is 0 Å². The predicted molar refractivity (Wildman–Crippen MR) is 122 cm³/mol. The second-order valence-electron chi connectivity index (χ2n) is 8.17. The lowest BCUT2D eigenvalue weighted by atomic mass is 10.1. The average molecular weight is 496 g/mol. The fourth-order valence-electron chi connectivity index (χ4n) is 3.33. The molecule has 0 aromatic heterocycles. The van der Waals surface area contributed by atoms with Crippen molar-refractivity contribution < 1.29 is 36.2 Å². The quantitative estimate of drug-likeness (QED) is 0.488. The Balaban J connectivity index is 2.03. The highest BCUT2D eigenvalue weighted by molar-refractivity contribution is 7.96. The third kappa shape index (κ3) is 5.80. The van der Waals surface area contributed by atoms with Crippen molar-refractivity contribution in [2.75, 3.05) is 10.8 Å². The summed E-state index contributed by atoms with van der Waals surface area (Å²) in [5.41, 5.74) is -0.565. The molecule has 1 aliphatic rings. The number of alkyl halides is 3. The van der Waals surface area contributed by atoms with Gasteiger partial charge < -0.3 is 9.84 Å². The van der Waals surface area contributed by atoms with Crippen LogP contribution in [-0.2, 0) is 22.8 Å². The minimum atomic E-state index is -4.68. The molecule has 0 amide bonds. The fourth-order valence-corrected chi connectivity index (χ4v) is 5.07. The summed E-state index contributed by atoms with van der Waals surface area (Å²) in [5.74, 6) is -1.32. The minimum Gasteiger partial charge on any atom is -0.487 e. The molecule has 0 aliphatic heterocycles. The number of carbonyl (C=O) groups is 1. The summed E-state index contributed by atoms with van der Waals surface area (Å²) in [6, 6.07) is 8.52. The Morgan fingerprint density at radius 2 is 1.82 bits per heavy atom. The van der Waals surface area contributed by atoms with Gasteiger partial charge in [0.25, 0.3) is 10.0 Å². The van der Waals surface area contributed by atoms with Gasteiger partial charge in [-0.25, -0.2) is 13.2 Å². The summed E-state index contributed by atoms with van der Waals surface area (Å²) in [5, 5.41) is 9.02. The van der Waals surface area contributed by atoms with E-state index in [4.69, 9.17) is 9.84 Å². The molecule has 2 aromatic rings. The molecule has 0 unspecified atom stereocenters. The molecule has 1 aliphatic carbocycles. The molecule has 182 valence electrons. The number of carboxylic acids is 1. The van der Waals surface area contributed by atoms with Crippen molar-refractivity contribution in [1.82, 2.24) is 0 Å². The number of rotatable bonds is 9. The van der Waals surface area contributed by atoms with E-state index in [9.17, 15) is 26.4 Å². The molecule has 0 saturated carbocycles. The Kier molecular flexibility index (Phi) is 7.40. The summed E-state index contributed by atoms with van der Waals surface area (Å²) in [7, 11) is -4.11. The van der Waals surface area contributed by atoms with Crippen LogP contribution in [0.25, 0.3) is 0 Å². The molecule has 0 saturated heterocycles. The zero-order valence-electron chi connectivity index (χ0n) is 18.5. The Morgan fingerprint density at radius 3 is 2.35 bits per heavy atom. The molecule has 0 fully saturated rings. The molecular weight excluding hydrogens is 471 g/mol. The Morgan fingerprint density at radius 1 is 1.15 bits per heavy atom. The molecule has 3 rings (SSSR count). The molecule has 34 heavy (non-hydrogen) atoms. The molecule has 0 radical (unpaired) electrons. The van der Waals surface area contributed by atoms with Crippen molar-refractivity contribution in [2.24, 2.45) is 5.92 Å². The number of sulfonamides is 1. The SMILES string of the molecule is CC(C)CN(c1cc(C(F)(F)F)ccc1OCc1ccc(C(=O)O)cc1)S(=O)(=O)C1=CC=CC1. The maximum atomic E-state index is 13.5. The van der Waals surface area contributed by atoms with Crippen LogP contribution in [0.15, 0.2) is 65.6 Å². The van der Waals surface area contributed by atoms with Gasteiger partial charge in [0.2, 0.25) is 0 Å². The van der Waals surface area contributed by atoms with Gasteiger partial charge in [-0.15, -0.1) is 0 Å². The van der Waals surface area contributed by atoms with Crippen molar-refractivity contribution in [3.63, 3.8) is 0 Å². The predicted octanol–water partition coefficient (Wildman–Crippen LogP) is 5.62. The van der Waals surface area contributed by atoms with Crippen LogP contribution in [0.2, 0.25) is 0 Å². The van der Waals surface area contributed by atoms with E-state index in [1.54, 1.807) is 26.0 Å². The third-order valence-corrected chi connectivity index (χ3v) is 6.93. The monoisotopic (exact) mass is 495 g/mol. The molecular formula is C24H24F3NO5S. The van der Waals surface area contributed by atoms with Gasteiger partial charge in [-0.1, -0.05) is 38.1 Å². The Labute approximate surface area is 196 Å². The lowest BCUT2D eigenvalue weighted by Gasteiger charge is -2.29. The number of ether oxygens (including phenoxy) is 1. The minimum absolute atomic E-state index is 0.0360. The second-order valence-corrected chi connectivity index (χ2v) is 10.1. The van der Waals surface area contributed by atoms with E-state index >= 15 is 0 Å². The van der Waals surface area contributed by atoms with E-state index in [2.05, 4.69) is 0 Å². The highest BCUT2D eigenvalue weighted by Crippen LogP contribution is 2.40. The molecule has 2 aromatic carbocycles. The van der Waals surface area contributed by atoms with Crippen molar-refractivity contribution in [2.45, 2.75) is 33.1 Å². The van der Waals surface area contributed by atoms with Gasteiger partial charge in [0.1, 0.15) is 12.4 Å². The number of aromatic carboxylic acids is 1. The number of hydrogen-bond donors (Lipinski definition) is 1. The van der Waals surface area contributed by atoms with Crippen LogP contribution >= 0.6 is 0 Å². The maximum Gasteiger partial charge on any atom is 0.416 e. The van der Waals surface area contributed by atoms with Crippen LogP contribution < -0.4 is 9.04 Å². The highest BCUT2D eigenvalue weighted by Gasteiger charge is 2.35. The number of halogens is 3. The summed E-state index contributed by atoms with van der Waals surface area (Å²) in [6.45, 7) is 3.38. The first-order valence-corrected chi connectivity index (χ1v) is 11.9. The van der Waals surface area contributed by atoms with Crippen LogP contribution in [0.5, 0.6) is 5.75 Å². The maximum absolute atomic E-state index is 13.5. The van der Waals surface area contributed by atoms with Crippen LogP contribution in [0.4, 0.5) is 18.9 Å². The fraction of sp³-hybridized carbons (Fsp3) is 0.292. The number of hydrogen-bond acceptors (Lipinski definition) is 4. The largest absolute Gasteiger partial charge is 0.487 e. The number of benzene rings is 2. The van der Waals surface area contributed by atoms with Crippen molar-refractivity contribution in [3.05, 3.63) is 82.3 Å². The number of carboxylic acid groups (broad SMARTS) is 1. The standard InChI is InChI=1S/C24H24F3NO5S/c1-16(2)14-28(34(31,32)20-5-3-4-6-20)21-13-19(24(25,26)27)11-12-22(21)33-15-17-7-9-18(10-8-17)23(29)30/h3-5,7-13,16H,6,14-15H2,1-2H3,(H,29,30). The topological polar surface area (TPSA) is 83.9 Å². The average Bonchev–Trinajstić information content (AvgIpc) is 3.31. The van der Waals surface area contributed by atoms with Crippen LogP contribution in [0.1, 0.15) is 41.8 Å². The molecule has 0 bridgehead atoms. The molecule has 0 atom stereocenters. The van der Waals surface area contributed by atoms with E-state index < -0.39 is 27.7 Å². The zero-order chi connectivity index (χ0) is 25.1. The molecule has 0 heterocycles. The number of nitrogens with zero attached hydrogens (tertiary/aromatic N) is 1. The molecule has 10 heteroatoms. The van der Waals surface area contributed by atoms with E-state index in [0.717, 1.165) is 22.5 Å². The van der Waals surface area contributed by atoms with Gasteiger partial charge >= 0.3 is 12.1 Å². The van der Waals surface area contributed by atoms with Crippen LogP contribution in [0, 0.1) is 5.92 Å². The summed E-state index contributed by atoms with van der Waals surface area (Å²) < 4.78 is 74.0. The van der Waals surface area contributed by atoms with Crippen LogP contribution in [0.3, 0.4) is 0 Å². The van der Waals surface area contributed by atoms with E-state index in [0.29, 0.717) is 5.56 Å².